The lowest BCUT2D eigenvalue weighted by Crippen LogP contribution is -2.27. The molecular weight excluding hydrogens is 498 g/mol. The first kappa shape index (κ1) is 25.3. The monoisotopic (exact) mass is 519 g/mol. The van der Waals surface area contributed by atoms with Gasteiger partial charge in [-0.15, -0.1) is 0 Å². The molecule has 0 fully saturated rings. The Morgan fingerprint density at radius 3 is 2.11 bits per heavy atom. The Balaban J connectivity index is 1.48. The smallest absolute Gasteiger partial charge is 0.337 e. The average molecular weight is 520 g/mol. The van der Waals surface area contributed by atoms with Gasteiger partial charge in [0.05, 0.1) is 37.3 Å². The quantitative estimate of drug-likeness (QED) is 0.179. The fourth-order valence-corrected chi connectivity index (χ4v) is 3.64. The highest BCUT2D eigenvalue weighted by molar-refractivity contribution is 7.82. The topological polar surface area (TPSA) is 131 Å². The maximum absolute atomic E-state index is 12.8. The van der Waals surface area contributed by atoms with E-state index in [-0.39, 0.29) is 28.4 Å². The third-order valence-electron chi connectivity index (χ3n) is 5.33. The standard InChI is InChI=1S/C26H21N3O7S/c1-34-24(31)16-10-17(25(32)35-2)12-20(11-16)29(37)26(33)28-19-7-5-15(6-8-19)21-13-18(14-27-21)23(30)22-4-3-9-36-22/h3-14,27,37H,1-2H3,(H,28,33). The molecule has 0 spiro atoms. The summed E-state index contributed by atoms with van der Waals surface area (Å²) in [5, 5.41) is 2.69. The van der Waals surface area contributed by atoms with Crippen LogP contribution in [-0.2, 0) is 9.47 Å². The number of nitrogens with zero attached hydrogens (tertiary/aromatic N) is 1. The minimum atomic E-state index is -0.692. The highest BCUT2D eigenvalue weighted by atomic mass is 32.1. The summed E-state index contributed by atoms with van der Waals surface area (Å²) < 4.78 is 15.5. The van der Waals surface area contributed by atoms with E-state index in [1.807, 2.05) is 0 Å². The number of nitrogens with one attached hydrogen (secondary N) is 2. The van der Waals surface area contributed by atoms with Crippen molar-refractivity contribution >= 4 is 47.9 Å². The minimum absolute atomic E-state index is 0.0486. The second kappa shape index (κ2) is 10.9. The summed E-state index contributed by atoms with van der Waals surface area (Å²) in [6, 6.07) is 15.2. The summed E-state index contributed by atoms with van der Waals surface area (Å²) >= 11 is 4.23. The Morgan fingerprint density at radius 1 is 0.892 bits per heavy atom. The summed E-state index contributed by atoms with van der Waals surface area (Å²) in [5.41, 5.74) is 2.66. The van der Waals surface area contributed by atoms with Crippen LogP contribution in [-0.4, -0.2) is 43.0 Å². The first-order valence-corrected chi connectivity index (χ1v) is 11.2. The number of furan rings is 1. The Kier molecular flexibility index (Phi) is 7.44. The summed E-state index contributed by atoms with van der Waals surface area (Å²) in [6.07, 6.45) is 3.04. The molecule has 0 saturated carbocycles. The van der Waals surface area contributed by atoms with Crippen LogP contribution in [0.4, 0.5) is 16.2 Å². The van der Waals surface area contributed by atoms with Crippen molar-refractivity contribution in [3.8, 4) is 11.3 Å². The number of anilines is 2. The van der Waals surface area contributed by atoms with Crippen LogP contribution in [0.2, 0.25) is 0 Å². The number of aromatic nitrogens is 1. The van der Waals surface area contributed by atoms with E-state index in [2.05, 4.69) is 23.1 Å². The molecule has 0 bridgehead atoms. The number of H-pyrrole nitrogens is 1. The zero-order valence-electron chi connectivity index (χ0n) is 19.7. The lowest BCUT2D eigenvalue weighted by molar-refractivity contribution is 0.0599. The molecule has 10 nitrogen and oxygen atoms in total. The van der Waals surface area contributed by atoms with Crippen LogP contribution in [0.25, 0.3) is 11.3 Å². The van der Waals surface area contributed by atoms with Gasteiger partial charge in [-0.1, -0.05) is 24.9 Å². The van der Waals surface area contributed by atoms with Crippen LogP contribution in [0.3, 0.4) is 0 Å². The molecule has 0 aliphatic carbocycles. The Bertz CT molecular complexity index is 1430. The van der Waals surface area contributed by atoms with E-state index in [1.165, 1.54) is 38.7 Å². The van der Waals surface area contributed by atoms with Crippen molar-refractivity contribution in [2.75, 3.05) is 23.8 Å². The molecular formula is C26H21N3O7S. The number of aromatic amines is 1. The largest absolute Gasteiger partial charge is 0.465 e. The summed E-state index contributed by atoms with van der Waals surface area (Å²) in [7, 11) is 2.40. The lowest BCUT2D eigenvalue weighted by Gasteiger charge is -2.18. The number of benzene rings is 2. The first-order valence-electron chi connectivity index (χ1n) is 10.8. The molecule has 37 heavy (non-hydrogen) atoms. The molecule has 0 unspecified atom stereocenters. The molecule has 11 heteroatoms. The minimum Gasteiger partial charge on any atom is -0.465 e. The molecule has 2 heterocycles. The predicted molar refractivity (Wildman–Crippen MR) is 138 cm³/mol. The number of hydrogen-bond acceptors (Lipinski definition) is 8. The zero-order valence-corrected chi connectivity index (χ0v) is 20.6. The number of hydrogen-bond donors (Lipinski definition) is 3. The number of amides is 2. The summed E-state index contributed by atoms with van der Waals surface area (Å²) in [4.78, 5) is 52.3. The molecule has 188 valence electrons. The highest BCUT2D eigenvalue weighted by Crippen LogP contribution is 2.25. The SMILES string of the molecule is COC(=O)c1cc(C(=O)OC)cc(N(S)C(=O)Nc2ccc(-c3cc(C(=O)c4ccco4)c[nH]3)cc2)c1. The van der Waals surface area contributed by atoms with E-state index in [9.17, 15) is 19.2 Å². The number of ether oxygens (including phenoxy) is 2. The second-order valence-electron chi connectivity index (χ2n) is 7.68. The fraction of sp³-hybridized carbons (Fsp3) is 0.0769. The van der Waals surface area contributed by atoms with Gasteiger partial charge >= 0.3 is 18.0 Å². The molecule has 2 N–H and O–H groups in total. The molecule has 0 radical (unpaired) electrons. The molecule has 0 aliphatic rings. The molecule has 4 aromatic rings. The number of urea groups is 1. The Morgan fingerprint density at radius 2 is 1.54 bits per heavy atom. The maximum Gasteiger partial charge on any atom is 0.337 e. The summed E-state index contributed by atoms with van der Waals surface area (Å²) in [6.45, 7) is 0. The van der Waals surface area contributed by atoms with Gasteiger partial charge in [-0.25, -0.2) is 18.7 Å². The van der Waals surface area contributed by atoms with E-state index in [0.29, 0.717) is 16.9 Å². The van der Waals surface area contributed by atoms with Gasteiger partial charge in [-0.3, -0.25) is 4.79 Å². The molecule has 0 atom stereocenters. The molecule has 2 aromatic carbocycles. The number of ketones is 1. The fourth-order valence-electron chi connectivity index (χ4n) is 3.47. The van der Waals surface area contributed by atoms with Crippen molar-refractivity contribution in [2.45, 2.75) is 0 Å². The molecule has 0 aliphatic heterocycles. The zero-order chi connectivity index (χ0) is 26.5. The van der Waals surface area contributed by atoms with E-state index >= 15 is 0 Å². The number of esters is 2. The van der Waals surface area contributed by atoms with E-state index in [0.717, 1.165) is 9.87 Å². The lowest BCUT2D eigenvalue weighted by atomic mass is 10.1. The third-order valence-corrected chi connectivity index (χ3v) is 5.75. The Hall–Kier alpha value is -4.77. The van der Waals surface area contributed by atoms with Crippen molar-refractivity contribution in [1.82, 2.24) is 4.98 Å². The van der Waals surface area contributed by atoms with Gasteiger partial charge in [-0.2, -0.15) is 0 Å². The van der Waals surface area contributed by atoms with Crippen molar-refractivity contribution < 1.29 is 33.1 Å². The van der Waals surface area contributed by atoms with Crippen LogP contribution in [0.5, 0.6) is 0 Å². The van der Waals surface area contributed by atoms with Gasteiger partial charge < -0.3 is 24.2 Å². The maximum atomic E-state index is 12.8. The van der Waals surface area contributed by atoms with Crippen molar-refractivity contribution in [1.29, 1.82) is 0 Å². The molecule has 0 saturated heterocycles. The number of carbonyl (C=O) groups is 4. The van der Waals surface area contributed by atoms with Gasteiger partial charge in [0.15, 0.2) is 5.76 Å². The van der Waals surface area contributed by atoms with Crippen LogP contribution in [0.1, 0.15) is 36.8 Å². The third kappa shape index (κ3) is 5.57. The highest BCUT2D eigenvalue weighted by Gasteiger charge is 2.20. The van der Waals surface area contributed by atoms with Crippen molar-refractivity contribution in [3.63, 3.8) is 0 Å². The van der Waals surface area contributed by atoms with Gasteiger partial charge in [0.25, 0.3) is 0 Å². The average Bonchev–Trinajstić information content (AvgIpc) is 3.64. The van der Waals surface area contributed by atoms with Crippen LogP contribution >= 0.6 is 12.8 Å². The van der Waals surface area contributed by atoms with E-state index < -0.39 is 18.0 Å². The summed E-state index contributed by atoms with van der Waals surface area (Å²) in [5.74, 6) is -1.38. The molecule has 2 amide bonds. The second-order valence-corrected chi connectivity index (χ2v) is 8.08. The van der Waals surface area contributed by atoms with Gasteiger partial charge in [0.2, 0.25) is 5.78 Å². The number of methoxy groups -OCH3 is 2. The van der Waals surface area contributed by atoms with E-state index in [4.69, 9.17) is 13.9 Å². The molecule has 2 aromatic heterocycles. The Labute approximate surface area is 216 Å². The number of carbonyl (C=O) groups excluding carboxylic acids is 4. The van der Waals surface area contributed by atoms with Gasteiger partial charge in [-0.05, 0) is 54.1 Å². The molecule has 4 rings (SSSR count). The van der Waals surface area contributed by atoms with Crippen LogP contribution in [0.15, 0.2) is 77.5 Å². The number of rotatable bonds is 7. The number of thiol groups is 1. The van der Waals surface area contributed by atoms with Gasteiger partial charge in [0.1, 0.15) is 0 Å². The normalized spacial score (nSPS) is 10.5. The van der Waals surface area contributed by atoms with Crippen molar-refractivity contribution in [3.05, 3.63) is 95.6 Å². The van der Waals surface area contributed by atoms with Gasteiger partial charge in [0, 0.05) is 23.1 Å². The van der Waals surface area contributed by atoms with Crippen molar-refractivity contribution in [2.24, 2.45) is 0 Å². The van der Waals surface area contributed by atoms with Crippen LogP contribution in [0, 0.1) is 0 Å². The van der Waals surface area contributed by atoms with E-state index in [1.54, 1.807) is 48.7 Å². The van der Waals surface area contributed by atoms with Crippen LogP contribution < -0.4 is 9.62 Å². The predicted octanol–water partition coefficient (Wildman–Crippen LogP) is 4.96. The first-order chi connectivity index (χ1) is 17.8.